The highest BCUT2D eigenvalue weighted by Gasteiger charge is 2.45. The van der Waals surface area contributed by atoms with E-state index in [-0.39, 0.29) is 39.8 Å². The average molecular weight is 362 g/mol. The molecule has 2 fully saturated rings. The van der Waals surface area contributed by atoms with Gasteiger partial charge in [-0.2, -0.15) is 9.57 Å². The number of rotatable bonds is 2. The van der Waals surface area contributed by atoms with E-state index in [9.17, 15) is 8.42 Å². The summed E-state index contributed by atoms with van der Waals surface area (Å²) >= 11 is 5.86. The predicted molar refractivity (Wildman–Crippen MR) is 86.4 cm³/mol. The summed E-state index contributed by atoms with van der Waals surface area (Å²) in [6, 6.07) is 6.25. The average Bonchev–Trinajstić information content (AvgIpc) is 3.02. The van der Waals surface area contributed by atoms with E-state index in [1.54, 1.807) is 0 Å². The zero-order valence-corrected chi connectivity index (χ0v) is 14.2. The number of fused-ring (bicyclic) bond motifs is 1. The summed E-state index contributed by atoms with van der Waals surface area (Å²) in [5.41, 5.74) is 6.22. The van der Waals surface area contributed by atoms with Gasteiger partial charge < -0.3 is 5.73 Å². The Morgan fingerprint density at radius 1 is 1.32 bits per heavy atom. The maximum absolute atomic E-state index is 12.7. The van der Waals surface area contributed by atoms with Crippen LogP contribution in [0.4, 0.5) is 0 Å². The Hall–Kier alpha value is -0.840. The summed E-state index contributed by atoms with van der Waals surface area (Å²) in [6.45, 7) is 0.990. The third-order valence-corrected chi connectivity index (χ3v) is 6.73. The summed E-state index contributed by atoms with van der Waals surface area (Å²) in [5, 5.41) is 9.24. The van der Waals surface area contributed by atoms with Crippen molar-refractivity contribution in [3.8, 4) is 6.07 Å². The van der Waals surface area contributed by atoms with E-state index in [0.29, 0.717) is 19.0 Å². The van der Waals surface area contributed by atoms with E-state index >= 15 is 0 Å². The molecule has 3 atom stereocenters. The molecule has 3 unspecified atom stereocenters. The first-order chi connectivity index (χ1) is 9.93. The topological polar surface area (TPSA) is 87.2 Å². The molecular weight excluding hydrogens is 345 g/mol. The first-order valence-electron chi connectivity index (χ1n) is 6.89. The van der Waals surface area contributed by atoms with E-state index in [1.165, 1.54) is 22.5 Å². The maximum atomic E-state index is 12.7. The monoisotopic (exact) mass is 361 g/mol. The molecule has 2 N–H and O–H groups in total. The van der Waals surface area contributed by atoms with Crippen LogP contribution in [0.3, 0.4) is 0 Å². The highest BCUT2D eigenvalue weighted by atomic mass is 35.5. The van der Waals surface area contributed by atoms with Crippen molar-refractivity contribution in [3.05, 3.63) is 28.8 Å². The third kappa shape index (κ3) is 2.84. The molecule has 1 heterocycles. The normalized spacial score (nSPS) is 28.0. The van der Waals surface area contributed by atoms with Gasteiger partial charge in [0.05, 0.1) is 15.5 Å². The quantitative estimate of drug-likeness (QED) is 0.872. The molecule has 0 amide bonds. The van der Waals surface area contributed by atoms with E-state index in [0.717, 1.165) is 12.8 Å². The second-order valence-electron chi connectivity index (χ2n) is 5.74. The Labute approximate surface area is 141 Å². The van der Waals surface area contributed by atoms with Crippen molar-refractivity contribution in [2.24, 2.45) is 17.6 Å². The number of halogens is 2. The number of benzene rings is 1. The Kier molecular flexibility index (Phi) is 5.05. The van der Waals surface area contributed by atoms with Gasteiger partial charge in [-0.15, -0.1) is 12.4 Å². The van der Waals surface area contributed by atoms with Gasteiger partial charge in [-0.3, -0.25) is 0 Å². The fourth-order valence-electron chi connectivity index (χ4n) is 3.36. The molecule has 1 aliphatic carbocycles. The van der Waals surface area contributed by atoms with Crippen LogP contribution in [0.1, 0.15) is 18.4 Å². The molecule has 1 saturated heterocycles. The molecule has 1 saturated carbocycles. The second kappa shape index (κ2) is 6.34. The number of hydrogen-bond donors (Lipinski definition) is 1. The van der Waals surface area contributed by atoms with Crippen LogP contribution < -0.4 is 5.73 Å². The highest BCUT2D eigenvalue weighted by Crippen LogP contribution is 2.39. The highest BCUT2D eigenvalue weighted by molar-refractivity contribution is 7.89. The van der Waals surface area contributed by atoms with Crippen molar-refractivity contribution in [2.75, 3.05) is 13.1 Å². The first kappa shape index (κ1) is 17.5. The lowest BCUT2D eigenvalue weighted by molar-refractivity contribution is 0.427. The van der Waals surface area contributed by atoms with Crippen molar-refractivity contribution in [3.63, 3.8) is 0 Å². The molecule has 5 nitrogen and oxygen atoms in total. The lowest BCUT2D eigenvalue weighted by Crippen LogP contribution is -2.33. The van der Waals surface area contributed by atoms with Gasteiger partial charge in [0.15, 0.2) is 0 Å². The molecule has 1 aromatic rings. The molecule has 2 aliphatic rings. The standard InChI is InChI=1S/C14H16ClN3O2S.ClH/c15-13-3-2-11(5-10(13)6-16)21(19,20)18-7-9-1-4-14(17)12(9)8-18;/h2-3,5,9,12,14H,1,4,7-8,17H2;1H. The summed E-state index contributed by atoms with van der Waals surface area (Å²) in [6.07, 6.45) is 1.96. The molecule has 22 heavy (non-hydrogen) atoms. The van der Waals surface area contributed by atoms with Gasteiger partial charge in [-0.05, 0) is 42.9 Å². The molecule has 1 aliphatic heterocycles. The van der Waals surface area contributed by atoms with Gasteiger partial charge in [-0.1, -0.05) is 11.6 Å². The molecular formula is C14H17Cl2N3O2S. The van der Waals surface area contributed by atoms with Gasteiger partial charge in [0.25, 0.3) is 0 Å². The van der Waals surface area contributed by atoms with Gasteiger partial charge in [0.1, 0.15) is 6.07 Å². The lowest BCUT2D eigenvalue weighted by Gasteiger charge is -2.18. The number of hydrogen-bond acceptors (Lipinski definition) is 4. The Morgan fingerprint density at radius 2 is 2.05 bits per heavy atom. The van der Waals surface area contributed by atoms with E-state index in [4.69, 9.17) is 22.6 Å². The number of sulfonamides is 1. The van der Waals surface area contributed by atoms with Crippen LogP contribution in [0.2, 0.25) is 5.02 Å². The molecule has 8 heteroatoms. The Bertz CT molecular complexity index is 717. The van der Waals surface area contributed by atoms with E-state index in [2.05, 4.69) is 0 Å². The predicted octanol–water partition coefficient (Wildman–Crippen LogP) is 1.99. The Morgan fingerprint density at radius 3 is 2.68 bits per heavy atom. The molecule has 0 radical (unpaired) electrons. The lowest BCUT2D eigenvalue weighted by atomic mass is 9.98. The van der Waals surface area contributed by atoms with Gasteiger partial charge in [0.2, 0.25) is 10.0 Å². The molecule has 0 spiro atoms. The van der Waals surface area contributed by atoms with Gasteiger partial charge in [0, 0.05) is 19.1 Å². The van der Waals surface area contributed by atoms with Crippen LogP contribution in [-0.2, 0) is 10.0 Å². The molecule has 0 bridgehead atoms. The van der Waals surface area contributed by atoms with Crippen molar-refractivity contribution in [2.45, 2.75) is 23.8 Å². The van der Waals surface area contributed by atoms with Gasteiger partial charge >= 0.3 is 0 Å². The van der Waals surface area contributed by atoms with Crippen molar-refractivity contribution < 1.29 is 8.42 Å². The minimum Gasteiger partial charge on any atom is -0.327 e. The van der Waals surface area contributed by atoms with E-state index in [1.807, 2.05) is 6.07 Å². The number of nitrogens with zero attached hydrogens (tertiary/aromatic N) is 2. The minimum atomic E-state index is -3.59. The maximum Gasteiger partial charge on any atom is 0.243 e. The molecule has 0 aromatic heterocycles. The summed E-state index contributed by atoms with van der Waals surface area (Å²) in [4.78, 5) is 0.122. The Balaban J connectivity index is 0.00000176. The van der Waals surface area contributed by atoms with E-state index < -0.39 is 10.0 Å². The fourth-order valence-corrected chi connectivity index (χ4v) is 5.08. The summed E-state index contributed by atoms with van der Waals surface area (Å²) in [7, 11) is -3.59. The zero-order chi connectivity index (χ0) is 15.2. The smallest absolute Gasteiger partial charge is 0.243 e. The van der Waals surface area contributed by atoms with Crippen LogP contribution in [0.15, 0.2) is 23.1 Å². The van der Waals surface area contributed by atoms with Crippen molar-refractivity contribution >= 4 is 34.0 Å². The number of nitriles is 1. The van der Waals surface area contributed by atoms with Crippen LogP contribution in [0, 0.1) is 23.2 Å². The molecule has 120 valence electrons. The zero-order valence-electron chi connectivity index (χ0n) is 11.8. The van der Waals surface area contributed by atoms with Crippen molar-refractivity contribution in [1.29, 1.82) is 5.26 Å². The first-order valence-corrected chi connectivity index (χ1v) is 8.70. The number of nitrogens with two attached hydrogens (primary N) is 1. The third-order valence-electron chi connectivity index (χ3n) is 4.57. The second-order valence-corrected chi connectivity index (χ2v) is 8.09. The van der Waals surface area contributed by atoms with Crippen LogP contribution in [0.5, 0.6) is 0 Å². The molecule has 1 aromatic carbocycles. The largest absolute Gasteiger partial charge is 0.327 e. The van der Waals surface area contributed by atoms with Crippen LogP contribution in [0.25, 0.3) is 0 Å². The molecule has 3 rings (SSSR count). The fraction of sp³-hybridized carbons (Fsp3) is 0.500. The minimum absolute atomic E-state index is 0. The summed E-state index contributed by atoms with van der Waals surface area (Å²) < 4.78 is 26.9. The van der Waals surface area contributed by atoms with Crippen LogP contribution in [-0.4, -0.2) is 31.9 Å². The van der Waals surface area contributed by atoms with Gasteiger partial charge in [-0.25, -0.2) is 8.42 Å². The summed E-state index contributed by atoms with van der Waals surface area (Å²) in [5.74, 6) is 0.611. The van der Waals surface area contributed by atoms with Crippen molar-refractivity contribution in [1.82, 2.24) is 4.31 Å². The van der Waals surface area contributed by atoms with Crippen LogP contribution >= 0.6 is 24.0 Å². The SMILES string of the molecule is Cl.N#Cc1cc(S(=O)(=O)N2CC3CCC(N)C3C2)ccc1Cl.